The molecule has 4 heteroatoms. The van der Waals surface area contributed by atoms with E-state index in [2.05, 4.69) is 5.32 Å². The van der Waals surface area contributed by atoms with Gasteiger partial charge in [-0.3, -0.25) is 4.79 Å². The molecule has 0 spiro atoms. The third-order valence-electron chi connectivity index (χ3n) is 4.39. The average Bonchev–Trinajstić information content (AvgIpc) is 2.36. The Bertz CT molecular complexity index is 480. The van der Waals surface area contributed by atoms with Crippen LogP contribution in [-0.4, -0.2) is 23.7 Å². The molecule has 0 saturated heterocycles. The van der Waals surface area contributed by atoms with Crippen LogP contribution in [0.3, 0.4) is 0 Å². The first-order valence-corrected chi connectivity index (χ1v) is 7.66. The van der Waals surface area contributed by atoms with Crippen molar-refractivity contribution in [2.45, 2.75) is 51.0 Å². The van der Waals surface area contributed by atoms with Gasteiger partial charge in [-0.1, -0.05) is 25.5 Å². The van der Waals surface area contributed by atoms with Crippen molar-refractivity contribution in [2.24, 2.45) is 5.92 Å². The maximum atomic E-state index is 13.0. The molecule has 2 unspecified atom stereocenters. The fourth-order valence-corrected chi connectivity index (χ4v) is 3.05. The first-order valence-electron chi connectivity index (χ1n) is 7.66. The van der Waals surface area contributed by atoms with Crippen molar-refractivity contribution in [2.75, 3.05) is 6.54 Å². The van der Waals surface area contributed by atoms with Crippen molar-refractivity contribution in [1.29, 1.82) is 0 Å². The second kappa shape index (κ2) is 6.56. The summed E-state index contributed by atoms with van der Waals surface area (Å²) in [5.74, 6) is -0.0173. The number of hydrogen-bond acceptors (Lipinski definition) is 2. The van der Waals surface area contributed by atoms with Crippen LogP contribution in [0.25, 0.3) is 0 Å². The van der Waals surface area contributed by atoms with Gasteiger partial charge in [0.05, 0.1) is 11.5 Å². The number of carbonyl (C=O) groups is 1. The third-order valence-corrected chi connectivity index (χ3v) is 4.39. The van der Waals surface area contributed by atoms with Crippen LogP contribution in [0.2, 0.25) is 0 Å². The van der Waals surface area contributed by atoms with Crippen LogP contribution >= 0.6 is 0 Å². The molecule has 2 atom stereocenters. The van der Waals surface area contributed by atoms with E-state index in [1.807, 2.05) is 6.92 Å². The zero-order chi connectivity index (χ0) is 15.5. The van der Waals surface area contributed by atoms with Crippen LogP contribution in [0, 0.1) is 11.7 Å². The van der Waals surface area contributed by atoms with Gasteiger partial charge in [-0.15, -0.1) is 0 Å². The maximum absolute atomic E-state index is 13.0. The highest BCUT2D eigenvalue weighted by molar-refractivity contribution is 5.89. The molecule has 2 rings (SSSR count). The molecule has 21 heavy (non-hydrogen) atoms. The molecule has 0 radical (unpaired) electrons. The molecule has 116 valence electrons. The van der Waals surface area contributed by atoms with Gasteiger partial charge in [0.25, 0.3) is 0 Å². The molecule has 1 amide bonds. The number of hydrogen-bond donors (Lipinski definition) is 2. The quantitative estimate of drug-likeness (QED) is 0.847. The second-order valence-electron chi connectivity index (χ2n) is 6.34. The molecule has 0 bridgehead atoms. The highest BCUT2D eigenvalue weighted by Crippen LogP contribution is 2.44. The second-order valence-corrected chi connectivity index (χ2v) is 6.34. The van der Waals surface area contributed by atoms with E-state index in [4.69, 9.17) is 0 Å². The highest BCUT2D eigenvalue weighted by atomic mass is 19.1. The minimum absolute atomic E-state index is 0.0257. The number of aliphatic hydroxyl groups excluding tert-OH is 1. The van der Waals surface area contributed by atoms with Gasteiger partial charge in [0.1, 0.15) is 5.82 Å². The van der Waals surface area contributed by atoms with Crippen LogP contribution in [0.15, 0.2) is 24.3 Å². The number of benzene rings is 1. The van der Waals surface area contributed by atoms with Crippen LogP contribution in [0.1, 0.15) is 45.1 Å². The van der Waals surface area contributed by atoms with Crippen molar-refractivity contribution < 1.29 is 14.3 Å². The molecular weight excluding hydrogens is 269 g/mol. The van der Waals surface area contributed by atoms with Gasteiger partial charge >= 0.3 is 0 Å². The van der Waals surface area contributed by atoms with E-state index >= 15 is 0 Å². The molecule has 1 aromatic rings. The first kappa shape index (κ1) is 16.0. The number of halogens is 1. The predicted molar refractivity (Wildman–Crippen MR) is 80.4 cm³/mol. The lowest BCUT2D eigenvalue weighted by atomic mass is 9.64. The summed E-state index contributed by atoms with van der Waals surface area (Å²) in [7, 11) is 0. The fraction of sp³-hybridized carbons (Fsp3) is 0.588. The smallest absolute Gasteiger partial charge is 0.230 e. The Morgan fingerprint density at radius 2 is 1.95 bits per heavy atom. The molecule has 0 aromatic heterocycles. The van der Waals surface area contributed by atoms with Gasteiger partial charge in [0.2, 0.25) is 5.91 Å². The van der Waals surface area contributed by atoms with E-state index < -0.39 is 5.41 Å². The standard InChI is InChI=1S/C17H24FNO2/c1-12(10-13(2)20)11-19-16(21)17(8-3-9-17)14-4-6-15(18)7-5-14/h4-7,12-13,20H,3,8-11H2,1-2H3,(H,19,21). The Labute approximate surface area is 125 Å². The summed E-state index contributed by atoms with van der Waals surface area (Å²) >= 11 is 0. The molecule has 1 saturated carbocycles. The van der Waals surface area contributed by atoms with Gasteiger partial charge in [-0.2, -0.15) is 0 Å². The molecule has 1 fully saturated rings. The molecule has 1 aromatic carbocycles. The van der Waals surface area contributed by atoms with E-state index in [9.17, 15) is 14.3 Å². The lowest BCUT2D eigenvalue weighted by Crippen LogP contribution is -2.50. The predicted octanol–water partition coefficient (Wildman–Crippen LogP) is 2.77. The van der Waals surface area contributed by atoms with Crippen LogP contribution in [0.4, 0.5) is 4.39 Å². The summed E-state index contributed by atoms with van der Waals surface area (Å²) in [5, 5.41) is 12.4. The van der Waals surface area contributed by atoms with Gasteiger partial charge in [0, 0.05) is 6.54 Å². The SMILES string of the molecule is CC(O)CC(C)CNC(=O)C1(c2ccc(F)cc2)CCC1. The first-order chi connectivity index (χ1) is 9.94. The van der Waals surface area contributed by atoms with Gasteiger partial charge in [-0.05, 0) is 49.8 Å². The van der Waals surface area contributed by atoms with Crippen LogP contribution < -0.4 is 5.32 Å². The molecule has 2 N–H and O–H groups in total. The monoisotopic (exact) mass is 293 g/mol. The van der Waals surface area contributed by atoms with Crippen molar-refractivity contribution in [3.63, 3.8) is 0 Å². The Kier molecular flexibility index (Phi) is 4.99. The van der Waals surface area contributed by atoms with Crippen molar-refractivity contribution >= 4 is 5.91 Å². The zero-order valence-corrected chi connectivity index (χ0v) is 12.7. The zero-order valence-electron chi connectivity index (χ0n) is 12.7. The summed E-state index contributed by atoms with van der Waals surface area (Å²) in [5.41, 5.74) is 0.411. The van der Waals surface area contributed by atoms with E-state index in [1.54, 1.807) is 19.1 Å². The molecule has 1 aliphatic rings. The third kappa shape index (κ3) is 3.62. The van der Waals surface area contributed by atoms with E-state index in [0.717, 1.165) is 24.8 Å². The van der Waals surface area contributed by atoms with Crippen LogP contribution in [0.5, 0.6) is 0 Å². The Morgan fingerprint density at radius 1 is 1.33 bits per heavy atom. The van der Waals surface area contributed by atoms with Crippen molar-refractivity contribution in [3.8, 4) is 0 Å². The number of nitrogens with one attached hydrogen (secondary N) is 1. The fourth-order valence-electron chi connectivity index (χ4n) is 3.05. The topological polar surface area (TPSA) is 49.3 Å². The molecule has 1 aliphatic carbocycles. The molecular formula is C17H24FNO2. The number of aliphatic hydroxyl groups is 1. The van der Waals surface area contributed by atoms with Crippen molar-refractivity contribution in [3.05, 3.63) is 35.6 Å². The highest BCUT2D eigenvalue weighted by Gasteiger charge is 2.45. The lowest BCUT2D eigenvalue weighted by Gasteiger charge is -2.41. The van der Waals surface area contributed by atoms with Gasteiger partial charge in [-0.25, -0.2) is 4.39 Å². The van der Waals surface area contributed by atoms with E-state index in [-0.39, 0.29) is 23.7 Å². The summed E-state index contributed by atoms with van der Waals surface area (Å²) in [4.78, 5) is 12.6. The normalized spacial score (nSPS) is 19.4. The van der Waals surface area contributed by atoms with Gasteiger partial charge < -0.3 is 10.4 Å². The number of carbonyl (C=O) groups excluding carboxylic acids is 1. The van der Waals surface area contributed by atoms with E-state index in [1.165, 1.54) is 12.1 Å². The minimum atomic E-state index is -0.488. The van der Waals surface area contributed by atoms with Crippen molar-refractivity contribution in [1.82, 2.24) is 5.32 Å². The molecule has 0 aliphatic heterocycles. The molecule has 0 heterocycles. The molecule has 3 nitrogen and oxygen atoms in total. The summed E-state index contributed by atoms with van der Waals surface area (Å²) in [6.07, 6.45) is 2.97. The average molecular weight is 293 g/mol. The van der Waals surface area contributed by atoms with Gasteiger partial charge in [0.15, 0.2) is 0 Å². The lowest BCUT2D eigenvalue weighted by molar-refractivity contribution is -0.130. The Balaban J connectivity index is 2.00. The number of amides is 1. The van der Waals surface area contributed by atoms with Crippen LogP contribution in [-0.2, 0) is 10.2 Å². The minimum Gasteiger partial charge on any atom is -0.393 e. The summed E-state index contributed by atoms with van der Waals surface area (Å²) < 4.78 is 13.0. The largest absolute Gasteiger partial charge is 0.393 e. The maximum Gasteiger partial charge on any atom is 0.230 e. The Morgan fingerprint density at radius 3 is 2.43 bits per heavy atom. The summed E-state index contributed by atoms with van der Waals surface area (Å²) in [6, 6.07) is 6.26. The summed E-state index contributed by atoms with van der Waals surface area (Å²) in [6.45, 7) is 4.33. The number of rotatable bonds is 6. The van der Waals surface area contributed by atoms with E-state index in [0.29, 0.717) is 13.0 Å². The Hall–Kier alpha value is -1.42.